The Hall–Kier alpha value is -0.910. The third-order valence-electron chi connectivity index (χ3n) is 3.45. The van der Waals surface area contributed by atoms with Gasteiger partial charge in [-0.1, -0.05) is 6.07 Å². The van der Waals surface area contributed by atoms with Crippen LogP contribution in [0.1, 0.15) is 18.1 Å². The van der Waals surface area contributed by atoms with Gasteiger partial charge in [-0.15, -0.1) is 0 Å². The smallest absolute Gasteiger partial charge is 0.243 e. The maximum atomic E-state index is 12.5. The summed E-state index contributed by atoms with van der Waals surface area (Å²) in [6.07, 6.45) is 0. The molecule has 1 aromatic rings. The molecule has 0 radical (unpaired) electrons. The normalized spacial score (nSPS) is 22.1. The number of hydrogen-bond acceptors (Lipinski definition) is 3. The zero-order valence-corrected chi connectivity index (χ0v) is 11.9. The predicted molar refractivity (Wildman–Crippen MR) is 72.1 cm³/mol. The van der Waals surface area contributed by atoms with Crippen LogP contribution in [0, 0.1) is 13.8 Å². The van der Waals surface area contributed by atoms with Crippen molar-refractivity contribution in [1.82, 2.24) is 9.62 Å². The molecule has 18 heavy (non-hydrogen) atoms. The van der Waals surface area contributed by atoms with Gasteiger partial charge in [0, 0.05) is 25.7 Å². The molecule has 2 rings (SSSR count). The second kappa shape index (κ2) is 4.99. The van der Waals surface area contributed by atoms with Gasteiger partial charge in [-0.25, -0.2) is 8.42 Å². The molecule has 0 aliphatic carbocycles. The van der Waals surface area contributed by atoms with E-state index in [-0.39, 0.29) is 6.04 Å². The third-order valence-corrected chi connectivity index (χ3v) is 5.31. The van der Waals surface area contributed by atoms with Crippen LogP contribution in [0.3, 0.4) is 0 Å². The van der Waals surface area contributed by atoms with E-state index in [0.29, 0.717) is 24.5 Å². The van der Waals surface area contributed by atoms with Gasteiger partial charge in [0.2, 0.25) is 10.0 Å². The summed E-state index contributed by atoms with van der Waals surface area (Å²) < 4.78 is 26.6. The molecule has 0 spiro atoms. The summed E-state index contributed by atoms with van der Waals surface area (Å²) in [4.78, 5) is 0.403. The zero-order valence-electron chi connectivity index (χ0n) is 11.1. The number of rotatable bonds is 2. The van der Waals surface area contributed by atoms with Gasteiger partial charge in [0.1, 0.15) is 0 Å². The first-order valence-electron chi connectivity index (χ1n) is 6.22. The maximum absolute atomic E-state index is 12.5. The minimum Gasteiger partial charge on any atom is -0.312 e. The fourth-order valence-electron chi connectivity index (χ4n) is 2.14. The highest BCUT2D eigenvalue weighted by Gasteiger charge is 2.28. The van der Waals surface area contributed by atoms with Gasteiger partial charge in [-0.3, -0.25) is 0 Å². The molecule has 1 aliphatic heterocycles. The van der Waals surface area contributed by atoms with Crippen molar-refractivity contribution in [1.29, 1.82) is 0 Å². The molecule has 1 aliphatic rings. The Bertz CT molecular complexity index is 540. The topological polar surface area (TPSA) is 49.4 Å². The molecule has 100 valence electrons. The highest BCUT2D eigenvalue weighted by atomic mass is 32.2. The summed E-state index contributed by atoms with van der Waals surface area (Å²) >= 11 is 0. The molecule has 0 saturated carbocycles. The van der Waals surface area contributed by atoms with Crippen molar-refractivity contribution < 1.29 is 8.42 Å². The second-order valence-corrected chi connectivity index (χ2v) is 6.90. The minimum atomic E-state index is -3.34. The number of aryl methyl sites for hydroxylation is 2. The first kappa shape index (κ1) is 13.5. The van der Waals surface area contributed by atoms with Crippen LogP contribution in [0.2, 0.25) is 0 Å². The zero-order chi connectivity index (χ0) is 13.3. The van der Waals surface area contributed by atoms with Crippen molar-refractivity contribution in [3.63, 3.8) is 0 Å². The van der Waals surface area contributed by atoms with Crippen LogP contribution in [-0.4, -0.2) is 38.4 Å². The SMILES string of the molecule is Cc1ccc(S(=O)(=O)N2CCN[C@@H](C)C2)cc1C. The second-order valence-electron chi connectivity index (χ2n) is 4.96. The van der Waals surface area contributed by atoms with Gasteiger partial charge in [0.05, 0.1) is 4.90 Å². The number of nitrogens with one attached hydrogen (secondary N) is 1. The van der Waals surface area contributed by atoms with Crippen LogP contribution in [0.15, 0.2) is 23.1 Å². The van der Waals surface area contributed by atoms with Crippen LogP contribution in [-0.2, 0) is 10.0 Å². The van der Waals surface area contributed by atoms with E-state index >= 15 is 0 Å². The lowest BCUT2D eigenvalue weighted by Gasteiger charge is -2.31. The molecular formula is C13H20N2O2S. The Morgan fingerprint density at radius 1 is 1.28 bits per heavy atom. The van der Waals surface area contributed by atoms with Crippen LogP contribution < -0.4 is 5.32 Å². The first-order valence-corrected chi connectivity index (χ1v) is 7.66. The summed E-state index contributed by atoms with van der Waals surface area (Å²) in [7, 11) is -3.34. The van der Waals surface area contributed by atoms with Crippen LogP contribution in [0.25, 0.3) is 0 Å². The molecular weight excluding hydrogens is 248 g/mol. The molecule has 1 heterocycles. The van der Waals surface area contributed by atoms with E-state index in [1.165, 1.54) is 0 Å². The molecule has 4 nitrogen and oxygen atoms in total. The number of benzene rings is 1. The van der Waals surface area contributed by atoms with Crippen molar-refractivity contribution in [3.8, 4) is 0 Å². The number of sulfonamides is 1. The van der Waals surface area contributed by atoms with Crippen molar-refractivity contribution in [2.45, 2.75) is 31.7 Å². The van der Waals surface area contributed by atoms with E-state index in [2.05, 4.69) is 5.32 Å². The van der Waals surface area contributed by atoms with E-state index in [4.69, 9.17) is 0 Å². The van der Waals surface area contributed by atoms with Crippen LogP contribution in [0.4, 0.5) is 0 Å². The Morgan fingerprint density at radius 3 is 2.61 bits per heavy atom. The molecule has 0 bridgehead atoms. The largest absolute Gasteiger partial charge is 0.312 e. The molecule has 0 amide bonds. The van der Waals surface area contributed by atoms with Gasteiger partial charge in [0.15, 0.2) is 0 Å². The lowest BCUT2D eigenvalue weighted by Crippen LogP contribution is -2.51. The van der Waals surface area contributed by atoms with Gasteiger partial charge < -0.3 is 5.32 Å². The van der Waals surface area contributed by atoms with Crippen molar-refractivity contribution in [2.75, 3.05) is 19.6 Å². The van der Waals surface area contributed by atoms with Crippen LogP contribution >= 0.6 is 0 Å². The molecule has 1 atom stereocenters. The average molecular weight is 268 g/mol. The standard InChI is InChI=1S/C13H20N2O2S/c1-10-4-5-13(8-11(10)2)18(16,17)15-7-6-14-12(3)9-15/h4-5,8,12,14H,6-7,9H2,1-3H3/t12-/m0/s1. The monoisotopic (exact) mass is 268 g/mol. The Morgan fingerprint density at radius 2 is 2.00 bits per heavy atom. The molecule has 1 N–H and O–H groups in total. The summed E-state index contributed by atoms with van der Waals surface area (Å²) in [6, 6.07) is 5.54. The van der Waals surface area contributed by atoms with E-state index in [0.717, 1.165) is 11.1 Å². The van der Waals surface area contributed by atoms with Gasteiger partial charge >= 0.3 is 0 Å². The number of piperazine rings is 1. The quantitative estimate of drug-likeness (QED) is 0.879. The Balaban J connectivity index is 2.32. The lowest BCUT2D eigenvalue weighted by molar-refractivity contribution is 0.310. The summed E-state index contributed by atoms with van der Waals surface area (Å²) in [5.41, 5.74) is 2.13. The first-order chi connectivity index (χ1) is 8.41. The maximum Gasteiger partial charge on any atom is 0.243 e. The van der Waals surface area contributed by atoms with E-state index < -0.39 is 10.0 Å². The minimum absolute atomic E-state index is 0.208. The Labute approximate surface area is 109 Å². The molecule has 1 aromatic carbocycles. The lowest BCUT2D eigenvalue weighted by atomic mass is 10.1. The fourth-order valence-corrected chi connectivity index (χ4v) is 3.75. The third kappa shape index (κ3) is 2.58. The van der Waals surface area contributed by atoms with Crippen molar-refractivity contribution in [2.24, 2.45) is 0 Å². The number of nitrogens with zero attached hydrogens (tertiary/aromatic N) is 1. The van der Waals surface area contributed by atoms with E-state index in [1.807, 2.05) is 26.8 Å². The summed E-state index contributed by atoms with van der Waals surface area (Å²) in [6.45, 7) is 7.72. The van der Waals surface area contributed by atoms with Gasteiger partial charge in [0.25, 0.3) is 0 Å². The number of hydrogen-bond donors (Lipinski definition) is 1. The van der Waals surface area contributed by atoms with Gasteiger partial charge in [-0.2, -0.15) is 4.31 Å². The highest BCUT2D eigenvalue weighted by Crippen LogP contribution is 2.20. The summed E-state index contributed by atoms with van der Waals surface area (Å²) in [5.74, 6) is 0. The summed E-state index contributed by atoms with van der Waals surface area (Å²) in [5, 5.41) is 3.25. The van der Waals surface area contributed by atoms with E-state index in [9.17, 15) is 8.42 Å². The molecule has 0 aromatic heterocycles. The van der Waals surface area contributed by atoms with Crippen molar-refractivity contribution in [3.05, 3.63) is 29.3 Å². The Kier molecular flexibility index (Phi) is 3.75. The van der Waals surface area contributed by atoms with E-state index in [1.54, 1.807) is 16.4 Å². The molecule has 1 fully saturated rings. The predicted octanol–water partition coefficient (Wildman–Crippen LogP) is 1.29. The fraction of sp³-hybridized carbons (Fsp3) is 0.538. The van der Waals surface area contributed by atoms with Crippen LogP contribution in [0.5, 0.6) is 0 Å². The average Bonchev–Trinajstić information content (AvgIpc) is 2.32. The van der Waals surface area contributed by atoms with Crippen molar-refractivity contribution >= 4 is 10.0 Å². The molecule has 5 heteroatoms. The molecule has 1 saturated heterocycles. The molecule has 0 unspecified atom stereocenters. The highest BCUT2D eigenvalue weighted by molar-refractivity contribution is 7.89. The van der Waals surface area contributed by atoms with Gasteiger partial charge in [-0.05, 0) is 44.0 Å².